The number of aryl methyl sites for hydroxylation is 1. The second-order valence-electron chi connectivity index (χ2n) is 4.37. The van der Waals surface area contributed by atoms with Crippen LogP contribution in [0.15, 0.2) is 30.5 Å². The van der Waals surface area contributed by atoms with Crippen LogP contribution in [0, 0.1) is 0 Å². The second kappa shape index (κ2) is 5.87. The third-order valence-electron chi connectivity index (χ3n) is 2.73. The third-order valence-corrected chi connectivity index (χ3v) is 3.87. The molecule has 0 aliphatic rings. The van der Waals surface area contributed by atoms with Crippen LogP contribution >= 0.6 is 11.3 Å². The molecular weight excluding hydrogens is 242 g/mol. The lowest BCUT2D eigenvalue weighted by molar-refractivity contribution is 1.09. The van der Waals surface area contributed by atoms with Gasteiger partial charge >= 0.3 is 0 Å². The van der Waals surface area contributed by atoms with Gasteiger partial charge in [0.05, 0.1) is 11.6 Å². The highest BCUT2D eigenvalue weighted by Crippen LogP contribution is 2.19. The van der Waals surface area contributed by atoms with E-state index in [9.17, 15) is 0 Å². The maximum atomic E-state index is 4.36. The molecule has 3 nitrogen and oxygen atoms in total. The standard InChI is InChI=1S/C14H19N3S/c1-4-14-16-10-13(18-14)9-15-11-6-5-7-12(8-11)17(2)3/h5-8,10,15H,4,9H2,1-3H3. The molecule has 0 spiro atoms. The largest absolute Gasteiger partial charge is 0.380 e. The first-order valence-electron chi connectivity index (χ1n) is 6.14. The van der Waals surface area contributed by atoms with Gasteiger partial charge in [0.1, 0.15) is 0 Å². The maximum absolute atomic E-state index is 4.36. The van der Waals surface area contributed by atoms with E-state index in [0.717, 1.165) is 18.7 Å². The van der Waals surface area contributed by atoms with Crippen LogP contribution in [0.25, 0.3) is 0 Å². The SMILES string of the molecule is CCc1ncc(CNc2cccc(N(C)C)c2)s1. The summed E-state index contributed by atoms with van der Waals surface area (Å²) in [6.07, 6.45) is 2.98. The van der Waals surface area contributed by atoms with Crippen molar-refractivity contribution in [1.82, 2.24) is 4.98 Å². The molecule has 0 saturated carbocycles. The zero-order valence-corrected chi connectivity index (χ0v) is 11.9. The van der Waals surface area contributed by atoms with Gasteiger partial charge in [-0.25, -0.2) is 4.98 Å². The van der Waals surface area contributed by atoms with Crippen molar-refractivity contribution < 1.29 is 0 Å². The normalized spacial score (nSPS) is 10.4. The fourth-order valence-corrected chi connectivity index (χ4v) is 2.48. The second-order valence-corrected chi connectivity index (χ2v) is 5.57. The lowest BCUT2D eigenvalue weighted by atomic mass is 10.2. The zero-order valence-electron chi connectivity index (χ0n) is 11.1. The van der Waals surface area contributed by atoms with Crippen LogP contribution in [-0.2, 0) is 13.0 Å². The zero-order chi connectivity index (χ0) is 13.0. The van der Waals surface area contributed by atoms with Gasteiger partial charge in [0, 0.05) is 36.5 Å². The Labute approximate surface area is 112 Å². The number of hydrogen-bond acceptors (Lipinski definition) is 4. The Balaban J connectivity index is 1.99. The monoisotopic (exact) mass is 261 g/mol. The minimum Gasteiger partial charge on any atom is -0.380 e. The molecule has 1 heterocycles. The molecule has 1 aromatic heterocycles. The fourth-order valence-electron chi connectivity index (χ4n) is 1.68. The van der Waals surface area contributed by atoms with E-state index in [1.165, 1.54) is 15.6 Å². The molecule has 1 N–H and O–H groups in total. The average Bonchev–Trinajstić information content (AvgIpc) is 2.84. The number of nitrogens with zero attached hydrogens (tertiary/aromatic N) is 2. The van der Waals surface area contributed by atoms with Gasteiger partial charge in [-0.1, -0.05) is 13.0 Å². The van der Waals surface area contributed by atoms with Gasteiger partial charge in [0.25, 0.3) is 0 Å². The Kier molecular flexibility index (Phi) is 4.20. The van der Waals surface area contributed by atoms with E-state index in [-0.39, 0.29) is 0 Å². The summed E-state index contributed by atoms with van der Waals surface area (Å²) in [5.74, 6) is 0. The molecule has 18 heavy (non-hydrogen) atoms. The summed E-state index contributed by atoms with van der Waals surface area (Å²) in [5.41, 5.74) is 2.35. The first kappa shape index (κ1) is 12.9. The van der Waals surface area contributed by atoms with E-state index in [1.54, 1.807) is 11.3 Å². The van der Waals surface area contributed by atoms with Crippen molar-refractivity contribution in [3.05, 3.63) is 40.3 Å². The highest BCUT2D eigenvalue weighted by Gasteiger charge is 2.01. The highest BCUT2D eigenvalue weighted by atomic mass is 32.1. The minimum absolute atomic E-state index is 0.842. The molecule has 96 valence electrons. The van der Waals surface area contributed by atoms with Crippen molar-refractivity contribution in [1.29, 1.82) is 0 Å². The highest BCUT2D eigenvalue weighted by molar-refractivity contribution is 7.11. The van der Waals surface area contributed by atoms with Crippen molar-refractivity contribution in [2.24, 2.45) is 0 Å². The number of rotatable bonds is 5. The summed E-state index contributed by atoms with van der Waals surface area (Å²) in [6, 6.07) is 8.42. The number of thiazole rings is 1. The van der Waals surface area contributed by atoms with Crippen LogP contribution in [0.3, 0.4) is 0 Å². The number of nitrogens with one attached hydrogen (secondary N) is 1. The maximum Gasteiger partial charge on any atom is 0.0925 e. The molecule has 0 aliphatic heterocycles. The van der Waals surface area contributed by atoms with Crippen molar-refractivity contribution in [2.45, 2.75) is 19.9 Å². The third kappa shape index (κ3) is 3.23. The minimum atomic E-state index is 0.842. The summed E-state index contributed by atoms with van der Waals surface area (Å²) < 4.78 is 0. The van der Waals surface area contributed by atoms with Crippen LogP contribution < -0.4 is 10.2 Å². The molecule has 0 fully saturated rings. The van der Waals surface area contributed by atoms with E-state index in [0.29, 0.717) is 0 Å². The number of anilines is 2. The van der Waals surface area contributed by atoms with Crippen LogP contribution in [0.2, 0.25) is 0 Å². The molecule has 0 atom stereocenters. The number of aromatic nitrogens is 1. The smallest absolute Gasteiger partial charge is 0.0925 e. The van der Waals surface area contributed by atoms with Crippen molar-refractivity contribution in [3.8, 4) is 0 Å². The molecule has 0 unspecified atom stereocenters. The summed E-state index contributed by atoms with van der Waals surface area (Å²) in [7, 11) is 4.10. The van der Waals surface area contributed by atoms with Crippen molar-refractivity contribution >= 4 is 22.7 Å². The molecule has 1 aromatic carbocycles. The molecular formula is C14H19N3S. The van der Waals surface area contributed by atoms with Gasteiger partial charge in [0.15, 0.2) is 0 Å². The molecule has 2 aromatic rings. The molecule has 0 radical (unpaired) electrons. The van der Waals surface area contributed by atoms with E-state index in [4.69, 9.17) is 0 Å². The Morgan fingerprint density at radius 3 is 2.83 bits per heavy atom. The summed E-state index contributed by atoms with van der Waals surface area (Å²) in [6.45, 7) is 2.98. The number of benzene rings is 1. The molecule has 0 amide bonds. The van der Waals surface area contributed by atoms with Gasteiger partial charge in [-0.2, -0.15) is 0 Å². The summed E-state index contributed by atoms with van der Waals surface area (Å²) >= 11 is 1.78. The number of hydrogen-bond donors (Lipinski definition) is 1. The van der Waals surface area contributed by atoms with E-state index in [2.05, 4.69) is 60.5 Å². The average molecular weight is 261 g/mol. The van der Waals surface area contributed by atoms with E-state index < -0.39 is 0 Å². The Morgan fingerprint density at radius 1 is 1.33 bits per heavy atom. The molecule has 0 saturated heterocycles. The van der Waals surface area contributed by atoms with Crippen LogP contribution in [0.4, 0.5) is 11.4 Å². The van der Waals surface area contributed by atoms with E-state index in [1.807, 2.05) is 6.20 Å². The fraction of sp³-hybridized carbons (Fsp3) is 0.357. The lowest BCUT2D eigenvalue weighted by Gasteiger charge is -2.14. The predicted octanol–water partition coefficient (Wildman–Crippen LogP) is 3.38. The topological polar surface area (TPSA) is 28.2 Å². The molecule has 0 aliphatic carbocycles. The summed E-state index contributed by atoms with van der Waals surface area (Å²) in [5, 5.41) is 4.64. The van der Waals surface area contributed by atoms with Crippen LogP contribution in [0.1, 0.15) is 16.8 Å². The van der Waals surface area contributed by atoms with Gasteiger partial charge in [-0.05, 0) is 24.6 Å². The molecule has 2 rings (SSSR count). The van der Waals surface area contributed by atoms with Crippen LogP contribution in [-0.4, -0.2) is 19.1 Å². The Morgan fingerprint density at radius 2 is 2.17 bits per heavy atom. The van der Waals surface area contributed by atoms with Crippen molar-refractivity contribution in [3.63, 3.8) is 0 Å². The predicted molar refractivity (Wildman–Crippen MR) is 79.6 cm³/mol. The summed E-state index contributed by atoms with van der Waals surface area (Å²) in [4.78, 5) is 7.75. The van der Waals surface area contributed by atoms with Gasteiger partial charge < -0.3 is 10.2 Å². The Bertz CT molecular complexity index is 505. The van der Waals surface area contributed by atoms with Gasteiger partial charge in [-0.15, -0.1) is 11.3 Å². The quantitative estimate of drug-likeness (QED) is 0.894. The first-order valence-corrected chi connectivity index (χ1v) is 6.95. The van der Waals surface area contributed by atoms with Gasteiger partial charge in [0.2, 0.25) is 0 Å². The van der Waals surface area contributed by atoms with Crippen molar-refractivity contribution in [2.75, 3.05) is 24.3 Å². The molecule has 0 bridgehead atoms. The molecule has 4 heteroatoms. The first-order chi connectivity index (χ1) is 8.69. The van der Waals surface area contributed by atoms with E-state index >= 15 is 0 Å². The van der Waals surface area contributed by atoms with Gasteiger partial charge in [-0.3, -0.25) is 0 Å². The Hall–Kier alpha value is -1.55. The lowest BCUT2D eigenvalue weighted by Crippen LogP contribution is -2.08. The van der Waals surface area contributed by atoms with Crippen LogP contribution in [0.5, 0.6) is 0 Å².